The van der Waals surface area contributed by atoms with Crippen LogP contribution in [0.25, 0.3) is 0 Å². The lowest BCUT2D eigenvalue weighted by Gasteiger charge is -2.23. The zero-order valence-corrected chi connectivity index (χ0v) is 11.2. The molecule has 3 heteroatoms. The van der Waals surface area contributed by atoms with Crippen LogP contribution < -0.4 is 4.90 Å². The van der Waals surface area contributed by atoms with E-state index in [-0.39, 0.29) is 5.82 Å². The lowest BCUT2D eigenvalue weighted by atomic mass is 10.0. The fourth-order valence-electron chi connectivity index (χ4n) is 2.77. The molecule has 0 N–H and O–H groups in total. The molecule has 0 fully saturated rings. The molecule has 0 amide bonds. The molecule has 102 valence electrons. The van der Waals surface area contributed by atoms with Crippen LogP contribution in [-0.2, 0) is 12.8 Å². The number of benzene rings is 2. The molecule has 2 aromatic carbocycles. The fourth-order valence-corrected chi connectivity index (χ4v) is 2.77. The van der Waals surface area contributed by atoms with Crippen molar-refractivity contribution in [3.63, 3.8) is 0 Å². The Kier molecular flexibility index (Phi) is 3.50. The molecule has 1 aliphatic rings. The average molecular weight is 269 g/mol. The van der Waals surface area contributed by atoms with Gasteiger partial charge in [0.2, 0.25) is 0 Å². The second-order valence-corrected chi connectivity index (χ2v) is 5.12. The molecule has 0 atom stereocenters. The van der Waals surface area contributed by atoms with E-state index in [2.05, 4.69) is 29.2 Å². The number of hydrogen-bond donors (Lipinski definition) is 0. The summed E-state index contributed by atoms with van der Waals surface area (Å²) in [6.45, 7) is 1.69. The van der Waals surface area contributed by atoms with Gasteiger partial charge in [0.15, 0.2) is 0 Å². The highest BCUT2D eigenvalue weighted by Gasteiger charge is 2.15. The summed E-state index contributed by atoms with van der Waals surface area (Å²) in [5.74, 6) is -0.355. The summed E-state index contributed by atoms with van der Waals surface area (Å²) >= 11 is 0. The van der Waals surface area contributed by atoms with Crippen molar-refractivity contribution in [2.24, 2.45) is 0 Å². The minimum absolute atomic E-state index is 0.355. The zero-order chi connectivity index (χ0) is 13.9. The molecule has 0 radical (unpaired) electrons. The van der Waals surface area contributed by atoms with Crippen molar-refractivity contribution < 1.29 is 9.18 Å². The molecule has 0 saturated carbocycles. The van der Waals surface area contributed by atoms with E-state index in [0.29, 0.717) is 11.8 Å². The largest absolute Gasteiger partial charge is 0.371 e. The molecule has 1 heterocycles. The molecular weight excluding hydrogens is 253 g/mol. The number of carbonyl (C=O) groups is 1. The Labute approximate surface area is 117 Å². The molecule has 0 aliphatic carbocycles. The first-order valence-corrected chi connectivity index (χ1v) is 6.84. The van der Waals surface area contributed by atoms with Crippen LogP contribution in [0.2, 0.25) is 0 Å². The monoisotopic (exact) mass is 269 g/mol. The third kappa shape index (κ3) is 2.57. The zero-order valence-electron chi connectivity index (χ0n) is 11.2. The topological polar surface area (TPSA) is 20.3 Å². The van der Waals surface area contributed by atoms with E-state index in [1.807, 2.05) is 0 Å². The number of hydrogen-bond acceptors (Lipinski definition) is 2. The van der Waals surface area contributed by atoms with Crippen LogP contribution in [0, 0.1) is 5.82 Å². The average Bonchev–Trinajstić information content (AvgIpc) is 2.69. The number of aldehydes is 1. The van der Waals surface area contributed by atoms with Gasteiger partial charge in [-0.05, 0) is 42.2 Å². The Bertz CT molecular complexity index is 612. The van der Waals surface area contributed by atoms with E-state index in [1.54, 1.807) is 6.07 Å². The van der Waals surface area contributed by atoms with Crippen molar-refractivity contribution in [1.82, 2.24) is 0 Å². The van der Waals surface area contributed by atoms with Crippen LogP contribution in [-0.4, -0.2) is 19.4 Å². The first-order chi connectivity index (χ1) is 9.76. The maximum absolute atomic E-state index is 13.5. The Morgan fingerprint density at radius 3 is 2.25 bits per heavy atom. The first kappa shape index (κ1) is 12.9. The van der Waals surface area contributed by atoms with Gasteiger partial charge in [-0.25, -0.2) is 4.39 Å². The number of nitrogens with zero attached hydrogens (tertiary/aromatic N) is 1. The molecule has 2 nitrogen and oxygen atoms in total. The summed E-state index contributed by atoms with van der Waals surface area (Å²) in [4.78, 5) is 13.0. The molecule has 20 heavy (non-hydrogen) atoms. The van der Waals surface area contributed by atoms with E-state index >= 15 is 0 Å². The summed E-state index contributed by atoms with van der Waals surface area (Å²) in [7, 11) is 0. The molecule has 1 aliphatic heterocycles. The number of halogens is 1. The third-order valence-electron chi connectivity index (χ3n) is 3.83. The number of fused-ring (bicyclic) bond motifs is 1. The minimum atomic E-state index is -0.355. The van der Waals surface area contributed by atoms with Crippen LogP contribution in [0.4, 0.5) is 10.1 Å². The summed E-state index contributed by atoms with van der Waals surface area (Å²) in [6, 6.07) is 12.9. The Morgan fingerprint density at radius 2 is 1.65 bits per heavy atom. The second kappa shape index (κ2) is 5.45. The summed E-state index contributed by atoms with van der Waals surface area (Å²) in [5, 5.41) is 0. The summed E-state index contributed by atoms with van der Waals surface area (Å²) in [5.41, 5.74) is 3.91. The van der Waals surface area contributed by atoms with Crippen molar-refractivity contribution >= 4 is 12.0 Å². The van der Waals surface area contributed by atoms with Gasteiger partial charge < -0.3 is 4.90 Å². The standard InChI is InChI=1S/C17H16FNO/c18-16-9-13(12-20)10-17(11-16)19-7-5-14-3-1-2-4-15(14)6-8-19/h1-4,9-12H,5-8H2. The summed E-state index contributed by atoms with van der Waals surface area (Å²) < 4.78 is 13.5. The van der Waals surface area contributed by atoms with Crippen molar-refractivity contribution in [3.05, 3.63) is 65.0 Å². The van der Waals surface area contributed by atoms with Gasteiger partial charge >= 0.3 is 0 Å². The highest BCUT2D eigenvalue weighted by molar-refractivity contribution is 5.77. The van der Waals surface area contributed by atoms with E-state index in [1.165, 1.54) is 23.3 Å². The minimum Gasteiger partial charge on any atom is -0.371 e. The molecule has 0 unspecified atom stereocenters. The SMILES string of the molecule is O=Cc1cc(F)cc(N2CCc3ccccc3CC2)c1. The molecular formula is C17H16FNO. The van der Waals surface area contributed by atoms with E-state index in [0.717, 1.165) is 31.6 Å². The van der Waals surface area contributed by atoms with Gasteiger partial charge in [0.25, 0.3) is 0 Å². The molecule has 0 saturated heterocycles. The maximum Gasteiger partial charge on any atom is 0.150 e. The molecule has 0 bridgehead atoms. The first-order valence-electron chi connectivity index (χ1n) is 6.84. The van der Waals surface area contributed by atoms with Gasteiger partial charge in [-0.3, -0.25) is 4.79 Å². The van der Waals surface area contributed by atoms with Crippen LogP contribution in [0.3, 0.4) is 0 Å². The van der Waals surface area contributed by atoms with Gasteiger partial charge in [0.05, 0.1) is 0 Å². The van der Waals surface area contributed by atoms with Gasteiger partial charge in [0.1, 0.15) is 12.1 Å². The van der Waals surface area contributed by atoms with Crippen molar-refractivity contribution in [3.8, 4) is 0 Å². The molecule has 0 spiro atoms. The van der Waals surface area contributed by atoms with Crippen LogP contribution in [0.1, 0.15) is 21.5 Å². The maximum atomic E-state index is 13.5. The number of rotatable bonds is 2. The molecule has 3 rings (SSSR count). The highest BCUT2D eigenvalue weighted by atomic mass is 19.1. The van der Waals surface area contributed by atoms with E-state index < -0.39 is 0 Å². The quantitative estimate of drug-likeness (QED) is 0.780. The van der Waals surface area contributed by atoms with Gasteiger partial charge in [-0.2, -0.15) is 0 Å². The Morgan fingerprint density at radius 1 is 1.00 bits per heavy atom. The Balaban J connectivity index is 1.86. The number of carbonyl (C=O) groups excluding carboxylic acids is 1. The predicted octanol–water partition coefficient (Wildman–Crippen LogP) is 3.24. The van der Waals surface area contributed by atoms with Gasteiger partial charge in [-0.15, -0.1) is 0 Å². The second-order valence-electron chi connectivity index (χ2n) is 5.12. The van der Waals surface area contributed by atoms with Crippen LogP contribution in [0.5, 0.6) is 0 Å². The molecule has 0 aromatic heterocycles. The highest BCUT2D eigenvalue weighted by Crippen LogP contribution is 2.22. The fraction of sp³-hybridized carbons (Fsp3) is 0.235. The predicted molar refractivity (Wildman–Crippen MR) is 77.9 cm³/mol. The van der Waals surface area contributed by atoms with Crippen LogP contribution in [0.15, 0.2) is 42.5 Å². The number of anilines is 1. The van der Waals surface area contributed by atoms with E-state index in [9.17, 15) is 9.18 Å². The van der Waals surface area contributed by atoms with Crippen molar-refractivity contribution in [2.45, 2.75) is 12.8 Å². The van der Waals surface area contributed by atoms with Crippen molar-refractivity contribution in [2.75, 3.05) is 18.0 Å². The third-order valence-corrected chi connectivity index (χ3v) is 3.83. The lowest BCUT2D eigenvalue weighted by molar-refractivity contribution is 0.112. The van der Waals surface area contributed by atoms with Crippen molar-refractivity contribution in [1.29, 1.82) is 0 Å². The normalized spacial score (nSPS) is 14.6. The lowest BCUT2D eigenvalue weighted by Crippen LogP contribution is -2.26. The van der Waals surface area contributed by atoms with E-state index in [4.69, 9.17) is 0 Å². The molecule has 2 aromatic rings. The Hall–Kier alpha value is -2.16. The summed E-state index contributed by atoms with van der Waals surface area (Å²) in [6.07, 6.45) is 2.59. The van der Waals surface area contributed by atoms with Gasteiger partial charge in [0, 0.05) is 24.3 Å². The van der Waals surface area contributed by atoms with Crippen LogP contribution >= 0.6 is 0 Å². The smallest absolute Gasteiger partial charge is 0.150 e. The van der Waals surface area contributed by atoms with Gasteiger partial charge in [-0.1, -0.05) is 24.3 Å².